The molecule has 0 aliphatic carbocycles. The van der Waals surface area contributed by atoms with E-state index in [1.807, 2.05) is 0 Å². The van der Waals surface area contributed by atoms with E-state index in [1.165, 1.54) is 6.07 Å². The van der Waals surface area contributed by atoms with Crippen LogP contribution < -0.4 is 5.32 Å². The first-order valence-corrected chi connectivity index (χ1v) is 5.95. The molecule has 0 spiro atoms. The summed E-state index contributed by atoms with van der Waals surface area (Å²) in [5.74, 6) is 0.0863. The summed E-state index contributed by atoms with van der Waals surface area (Å²) >= 11 is 0. The molecule has 0 bridgehead atoms. The predicted octanol–water partition coefficient (Wildman–Crippen LogP) is 2.73. The van der Waals surface area contributed by atoms with Crippen molar-refractivity contribution in [1.82, 2.24) is 15.3 Å². The lowest BCUT2D eigenvalue weighted by Gasteiger charge is -2.19. The number of alkyl carbamates (subject to hydrolysis) is 1. The first-order chi connectivity index (χ1) is 8.85. The fourth-order valence-corrected chi connectivity index (χ4v) is 1.60. The number of para-hydroxylation sites is 1. The summed E-state index contributed by atoms with van der Waals surface area (Å²) in [5.41, 5.74) is 0.314. The molecule has 0 atom stereocenters. The average molecular weight is 265 g/mol. The Labute approximate surface area is 110 Å². The maximum Gasteiger partial charge on any atom is 0.408 e. The largest absolute Gasteiger partial charge is 0.444 e. The van der Waals surface area contributed by atoms with Gasteiger partial charge >= 0.3 is 6.09 Å². The van der Waals surface area contributed by atoms with Gasteiger partial charge < -0.3 is 15.0 Å². The number of aromatic amines is 1. The Hall–Kier alpha value is -2.11. The average Bonchev–Trinajstić information content (AvgIpc) is 2.68. The number of benzene rings is 1. The molecule has 0 saturated carbocycles. The van der Waals surface area contributed by atoms with Crippen molar-refractivity contribution in [1.29, 1.82) is 0 Å². The molecule has 2 rings (SSSR count). The number of imidazole rings is 1. The Morgan fingerprint density at radius 3 is 2.84 bits per heavy atom. The number of fused-ring (bicyclic) bond motifs is 1. The van der Waals surface area contributed by atoms with Gasteiger partial charge in [0, 0.05) is 0 Å². The smallest absolute Gasteiger partial charge is 0.408 e. The van der Waals surface area contributed by atoms with Crippen molar-refractivity contribution in [2.45, 2.75) is 32.9 Å². The molecule has 2 N–H and O–H groups in total. The van der Waals surface area contributed by atoms with E-state index in [0.717, 1.165) is 0 Å². The van der Waals surface area contributed by atoms with Gasteiger partial charge in [-0.1, -0.05) is 6.07 Å². The number of rotatable bonds is 2. The van der Waals surface area contributed by atoms with E-state index in [1.54, 1.807) is 32.9 Å². The molecule has 5 nitrogen and oxygen atoms in total. The van der Waals surface area contributed by atoms with Gasteiger partial charge in [-0.3, -0.25) is 0 Å². The summed E-state index contributed by atoms with van der Waals surface area (Å²) in [6.45, 7) is 5.50. The van der Waals surface area contributed by atoms with E-state index in [-0.39, 0.29) is 12.1 Å². The molecule has 0 radical (unpaired) electrons. The number of nitrogens with zero attached hydrogens (tertiary/aromatic N) is 1. The topological polar surface area (TPSA) is 67.0 Å². The molecule has 1 aromatic heterocycles. The first kappa shape index (κ1) is 13.3. The molecule has 0 aliphatic rings. The standard InChI is InChI=1S/C13H16FN3O2/c1-13(2,3)19-12(18)15-7-10-16-9-6-4-5-8(14)11(9)17-10/h4-6H,7H2,1-3H3,(H,15,18)(H,16,17). The van der Waals surface area contributed by atoms with Gasteiger partial charge in [-0.05, 0) is 32.9 Å². The molecule has 102 valence electrons. The monoisotopic (exact) mass is 265 g/mol. The molecule has 19 heavy (non-hydrogen) atoms. The van der Waals surface area contributed by atoms with E-state index in [0.29, 0.717) is 11.3 Å². The number of hydrogen-bond acceptors (Lipinski definition) is 3. The summed E-state index contributed by atoms with van der Waals surface area (Å²) < 4.78 is 18.5. The second-order valence-electron chi connectivity index (χ2n) is 5.17. The molecule has 6 heteroatoms. The van der Waals surface area contributed by atoms with Gasteiger partial charge in [0.1, 0.15) is 16.9 Å². The van der Waals surface area contributed by atoms with E-state index in [4.69, 9.17) is 4.74 Å². The molecular formula is C13H16FN3O2. The highest BCUT2D eigenvalue weighted by atomic mass is 19.1. The minimum absolute atomic E-state index is 0.156. The predicted molar refractivity (Wildman–Crippen MR) is 69.1 cm³/mol. The van der Waals surface area contributed by atoms with Crippen LogP contribution in [0.4, 0.5) is 9.18 Å². The van der Waals surface area contributed by atoms with Crippen molar-refractivity contribution in [2.24, 2.45) is 0 Å². The Bertz CT molecular complexity index is 601. The van der Waals surface area contributed by atoms with Crippen LogP contribution in [0.5, 0.6) is 0 Å². The van der Waals surface area contributed by atoms with E-state index in [2.05, 4.69) is 15.3 Å². The van der Waals surface area contributed by atoms with Crippen LogP contribution in [-0.4, -0.2) is 21.7 Å². The maximum atomic E-state index is 13.4. The third-order valence-electron chi connectivity index (χ3n) is 2.31. The van der Waals surface area contributed by atoms with E-state index < -0.39 is 17.5 Å². The Balaban J connectivity index is 2.02. The van der Waals surface area contributed by atoms with Crippen LogP contribution in [-0.2, 0) is 11.3 Å². The lowest BCUT2D eigenvalue weighted by Crippen LogP contribution is -2.32. The molecule has 2 aromatic rings. The van der Waals surface area contributed by atoms with Crippen molar-refractivity contribution in [2.75, 3.05) is 0 Å². The van der Waals surface area contributed by atoms with Crippen LogP contribution >= 0.6 is 0 Å². The van der Waals surface area contributed by atoms with Gasteiger partial charge in [-0.25, -0.2) is 14.2 Å². The van der Waals surface area contributed by atoms with Gasteiger partial charge in [0.25, 0.3) is 0 Å². The summed E-state index contributed by atoms with van der Waals surface area (Å²) in [6, 6.07) is 4.66. The summed E-state index contributed by atoms with van der Waals surface area (Å²) in [6.07, 6.45) is -0.534. The molecule has 0 unspecified atom stereocenters. The molecular weight excluding hydrogens is 249 g/mol. The Kier molecular flexibility index (Phi) is 3.42. The lowest BCUT2D eigenvalue weighted by atomic mass is 10.2. The lowest BCUT2D eigenvalue weighted by molar-refractivity contribution is 0.0522. The molecule has 1 aromatic carbocycles. The molecule has 0 aliphatic heterocycles. The van der Waals surface area contributed by atoms with Gasteiger partial charge in [-0.2, -0.15) is 0 Å². The number of hydrogen-bond donors (Lipinski definition) is 2. The molecule has 1 heterocycles. The van der Waals surface area contributed by atoms with Crippen LogP contribution in [0.25, 0.3) is 11.0 Å². The van der Waals surface area contributed by atoms with Crippen molar-refractivity contribution >= 4 is 17.1 Å². The zero-order valence-electron chi connectivity index (χ0n) is 11.1. The second kappa shape index (κ2) is 4.87. The highest BCUT2D eigenvalue weighted by Gasteiger charge is 2.16. The van der Waals surface area contributed by atoms with Crippen molar-refractivity contribution in [3.8, 4) is 0 Å². The molecule has 0 fully saturated rings. The number of amides is 1. The van der Waals surface area contributed by atoms with Gasteiger partial charge in [0.2, 0.25) is 0 Å². The van der Waals surface area contributed by atoms with E-state index >= 15 is 0 Å². The molecule has 0 saturated heterocycles. The van der Waals surface area contributed by atoms with Crippen LogP contribution in [0.2, 0.25) is 0 Å². The Morgan fingerprint density at radius 1 is 1.47 bits per heavy atom. The number of aromatic nitrogens is 2. The summed E-state index contributed by atoms with van der Waals surface area (Å²) in [7, 11) is 0. The SMILES string of the molecule is CC(C)(C)OC(=O)NCc1nc2c(F)cccc2[nH]1. The Morgan fingerprint density at radius 2 is 2.21 bits per heavy atom. The number of ether oxygens (including phenoxy) is 1. The van der Waals surface area contributed by atoms with Crippen LogP contribution in [0, 0.1) is 5.82 Å². The quantitative estimate of drug-likeness (QED) is 0.877. The normalized spacial score (nSPS) is 11.6. The maximum absolute atomic E-state index is 13.4. The highest BCUT2D eigenvalue weighted by molar-refractivity contribution is 5.75. The van der Waals surface area contributed by atoms with Gasteiger partial charge in [-0.15, -0.1) is 0 Å². The highest BCUT2D eigenvalue weighted by Crippen LogP contribution is 2.14. The number of nitrogens with one attached hydrogen (secondary N) is 2. The van der Waals surface area contributed by atoms with Crippen molar-refractivity contribution < 1.29 is 13.9 Å². The second-order valence-corrected chi connectivity index (χ2v) is 5.17. The first-order valence-electron chi connectivity index (χ1n) is 5.95. The fourth-order valence-electron chi connectivity index (χ4n) is 1.60. The van der Waals surface area contributed by atoms with Gasteiger partial charge in [0.15, 0.2) is 5.82 Å². The minimum Gasteiger partial charge on any atom is -0.444 e. The third-order valence-corrected chi connectivity index (χ3v) is 2.31. The fraction of sp³-hybridized carbons (Fsp3) is 0.385. The number of H-pyrrole nitrogens is 1. The minimum atomic E-state index is -0.552. The van der Waals surface area contributed by atoms with Gasteiger partial charge in [0.05, 0.1) is 12.1 Å². The number of halogens is 1. The summed E-state index contributed by atoms with van der Waals surface area (Å²) in [5, 5.41) is 2.56. The molecule has 1 amide bonds. The number of carbonyl (C=O) groups excluding carboxylic acids is 1. The van der Waals surface area contributed by atoms with Crippen LogP contribution in [0.1, 0.15) is 26.6 Å². The zero-order chi connectivity index (χ0) is 14.0. The van der Waals surface area contributed by atoms with Crippen molar-refractivity contribution in [3.05, 3.63) is 29.8 Å². The third kappa shape index (κ3) is 3.43. The number of carbonyl (C=O) groups is 1. The van der Waals surface area contributed by atoms with Crippen molar-refractivity contribution in [3.63, 3.8) is 0 Å². The van der Waals surface area contributed by atoms with Crippen LogP contribution in [0.15, 0.2) is 18.2 Å². The zero-order valence-corrected chi connectivity index (χ0v) is 11.1. The van der Waals surface area contributed by atoms with Crippen LogP contribution in [0.3, 0.4) is 0 Å². The van der Waals surface area contributed by atoms with E-state index in [9.17, 15) is 9.18 Å². The summed E-state index contributed by atoms with van der Waals surface area (Å²) in [4.78, 5) is 18.5.